The fourth-order valence-electron chi connectivity index (χ4n) is 1.46. The van der Waals surface area contributed by atoms with E-state index in [1.807, 2.05) is 0 Å². The van der Waals surface area contributed by atoms with E-state index >= 15 is 0 Å². The highest BCUT2D eigenvalue weighted by atomic mass is 16.1. The summed E-state index contributed by atoms with van der Waals surface area (Å²) in [7, 11) is 0. The second-order valence-corrected chi connectivity index (χ2v) is 3.10. The highest BCUT2D eigenvalue weighted by Crippen LogP contribution is 2.19. The molecule has 2 rings (SSSR count). The predicted molar refractivity (Wildman–Crippen MR) is 59.6 cm³/mol. The van der Waals surface area contributed by atoms with E-state index in [0.717, 1.165) is 0 Å². The third-order valence-corrected chi connectivity index (χ3v) is 2.17. The van der Waals surface area contributed by atoms with Crippen LogP contribution in [-0.4, -0.2) is 17.4 Å². The Balaban J connectivity index is 2.68. The third kappa shape index (κ3) is 1.71. The van der Waals surface area contributed by atoms with Crippen LogP contribution in [0.1, 0.15) is 21.4 Å². The summed E-state index contributed by atoms with van der Waals surface area (Å²) in [5.74, 6) is -0.634. The number of fused-ring (bicyclic) bond motifs is 1. The van der Waals surface area contributed by atoms with Gasteiger partial charge in [0.2, 0.25) is 5.91 Å². The van der Waals surface area contributed by atoms with Gasteiger partial charge in [0.05, 0.1) is 0 Å². The van der Waals surface area contributed by atoms with E-state index in [1.165, 1.54) is 18.3 Å². The fraction of sp³-hybridized carbons (Fsp3) is 0.182. The molecule has 0 bridgehead atoms. The molecule has 0 unspecified atom stereocenters. The smallest absolute Gasteiger partial charge is 0.248 e. The van der Waals surface area contributed by atoms with Crippen LogP contribution in [0, 0.1) is 0 Å². The number of primary amides is 1. The molecule has 0 aliphatic rings. The van der Waals surface area contributed by atoms with Crippen molar-refractivity contribution in [2.45, 2.75) is 6.37 Å². The fourth-order valence-corrected chi connectivity index (χ4v) is 1.46. The lowest BCUT2D eigenvalue weighted by Crippen LogP contribution is -2.10. The van der Waals surface area contributed by atoms with Crippen molar-refractivity contribution < 1.29 is 10.3 Å². The van der Waals surface area contributed by atoms with Crippen molar-refractivity contribution in [2.75, 3.05) is 6.50 Å². The molecule has 0 saturated carbocycles. The first kappa shape index (κ1) is 5.92. The Morgan fingerprint density at radius 2 is 2.33 bits per heavy atom. The van der Waals surface area contributed by atoms with Gasteiger partial charge in [-0.05, 0) is 36.6 Å². The molecule has 2 aromatic rings. The molecule has 0 fully saturated rings. The van der Waals surface area contributed by atoms with Gasteiger partial charge in [0.1, 0.15) is 0 Å². The van der Waals surface area contributed by atoms with Crippen molar-refractivity contribution in [1.29, 1.82) is 0 Å². The Bertz CT molecular complexity index is 645. The van der Waals surface area contributed by atoms with E-state index in [-0.39, 0.29) is 11.1 Å². The summed E-state index contributed by atoms with van der Waals surface area (Å²) in [6, 6.07) is 4.52. The van der Waals surface area contributed by atoms with Crippen LogP contribution >= 0.6 is 0 Å². The first-order valence-corrected chi connectivity index (χ1v) is 4.35. The van der Waals surface area contributed by atoms with Gasteiger partial charge in [0.15, 0.2) is 0 Å². The molecule has 4 heteroatoms. The van der Waals surface area contributed by atoms with E-state index in [0.29, 0.717) is 10.9 Å². The minimum atomic E-state index is -2.55. The molecular formula is C11H13N3O. The Kier molecular flexibility index (Phi) is 1.48. The monoisotopic (exact) mass is 211 g/mol. The highest BCUT2D eigenvalue weighted by molar-refractivity contribution is 5.97. The lowest BCUT2D eigenvalue weighted by atomic mass is 10.1. The van der Waals surface area contributed by atoms with Gasteiger partial charge >= 0.3 is 0 Å². The molecule has 0 radical (unpaired) electrons. The molecule has 0 atom stereocenters. The van der Waals surface area contributed by atoms with Crippen LogP contribution in [0.2, 0.25) is 0 Å². The number of carbonyl (C=O) groups excluding carboxylic acids is 1. The number of aryl methyl sites for hydroxylation is 1. The molecule has 1 aromatic carbocycles. The number of benzene rings is 1. The first-order chi connectivity index (χ1) is 8.64. The number of H-pyrrole nitrogens is 1. The number of nitrogens with one attached hydrogen (secondary N) is 1. The Morgan fingerprint density at radius 1 is 1.53 bits per heavy atom. The van der Waals surface area contributed by atoms with E-state index in [9.17, 15) is 4.79 Å². The van der Waals surface area contributed by atoms with Crippen LogP contribution in [0.4, 0.5) is 0 Å². The zero-order valence-electron chi connectivity index (χ0n) is 11.9. The van der Waals surface area contributed by atoms with Crippen LogP contribution < -0.4 is 11.5 Å². The zero-order valence-corrected chi connectivity index (χ0v) is 7.87. The van der Waals surface area contributed by atoms with Gasteiger partial charge in [-0.1, -0.05) is 0 Å². The molecule has 1 amide bonds. The average Bonchev–Trinajstić information content (AvgIpc) is 2.70. The number of carbonyl (C=O) groups is 1. The third-order valence-electron chi connectivity index (χ3n) is 2.17. The summed E-state index contributed by atoms with van der Waals surface area (Å²) in [4.78, 5) is 14.0. The second-order valence-electron chi connectivity index (χ2n) is 3.10. The van der Waals surface area contributed by atoms with Crippen molar-refractivity contribution in [3.8, 4) is 0 Å². The topological polar surface area (TPSA) is 84.9 Å². The van der Waals surface area contributed by atoms with Crippen molar-refractivity contribution in [2.24, 2.45) is 11.5 Å². The summed E-state index contributed by atoms with van der Waals surface area (Å²) >= 11 is 0. The number of nitrogens with two attached hydrogens (primary N) is 2. The van der Waals surface area contributed by atoms with Crippen LogP contribution in [0.25, 0.3) is 10.9 Å². The van der Waals surface area contributed by atoms with Crippen LogP contribution in [0.15, 0.2) is 24.4 Å². The molecule has 1 heterocycles. The normalized spacial score (nSPS) is 16.6. The average molecular weight is 211 g/mol. The van der Waals surface area contributed by atoms with Crippen LogP contribution in [0.5, 0.6) is 0 Å². The maximum absolute atomic E-state index is 11.1. The van der Waals surface area contributed by atoms with E-state index in [1.54, 1.807) is 6.07 Å². The maximum Gasteiger partial charge on any atom is 0.248 e. The van der Waals surface area contributed by atoms with Gasteiger partial charge in [-0.25, -0.2) is 0 Å². The van der Waals surface area contributed by atoms with Gasteiger partial charge in [-0.3, -0.25) is 4.79 Å². The zero-order chi connectivity index (χ0) is 14.4. The predicted octanol–water partition coefficient (Wildman–Crippen LogP) is 0.768. The van der Waals surface area contributed by atoms with Crippen LogP contribution in [-0.2, 0) is 6.37 Å². The standard InChI is InChI=1S/C11H13N3O/c12-4-3-8-6-14-10-2-1-7(11(13)15)5-9(8)10/h1-2,5-6,14H,3-4,12H2,(H2,13,15)/i3T2,4T2. The number of rotatable bonds is 3. The minimum absolute atomic E-state index is 0.0538. The second kappa shape index (κ2) is 3.74. The molecule has 0 aliphatic heterocycles. The van der Waals surface area contributed by atoms with Crippen molar-refractivity contribution in [1.82, 2.24) is 4.98 Å². The Morgan fingerprint density at radius 3 is 3.00 bits per heavy atom. The summed E-state index contributed by atoms with van der Waals surface area (Å²) in [5, 5.41) is 0.385. The molecule has 1 aromatic heterocycles. The van der Waals surface area contributed by atoms with E-state index in [4.69, 9.17) is 17.0 Å². The molecule has 15 heavy (non-hydrogen) atoms. The van der Waals surface area contributed by atoms with Gasteiger partial charge in [0, 0.05) is 28.1 Å². The van der Waals surface area contributed by atoms with Crippen molar-refractivity contribution in [3.05, 3.63) is 35.5 Å². The number of hydrogen-bond acceptors (Lipinski definition) is 2. The number of amides is 1. The van der Waals surface area contributed by atoms with Gasteiger partial charge in [-0.2, -0.15) is 0 Å². The van der Waals surface area contributed by atoms with E-state index < -0.39 is 18.8 Å². The minimum Gasteiger partial charge on any atom is -0.366 e. The number of aromatic nitrogens is 1. The number of hydrogen-bond donors (Lipinski definition) is 3. The highest BCUT2D eigenvalue weighted by Gasteiger charge is 2.06. The Hall–Kier alpha value is -1.81. The molecule has 78 valence electrons. The summed E-state index contributed by atoms with van der Waals surface area (Å²) in [6.45, 7) is -2.55. The van der Waals surface area contributed by atoms with Gasteiger partial charge in [0.25, 0.3) is 0 Å². The summed E-state index contributed by atoms with van der Waals surface area (Å²) in [6.07, 6.45) is -1.05. The summed E-state index contributed by atoms with van der Waals surface area (Å²) in [5.41, 5.74) is 11.3. The van der Waals surface area contributed by atoms with Crippen LogP contribution in [0.3, 0.4) is 0 Å². The SMILES string of the molecule is [3H]C([3H])(N)C([3H])([3H])c1c[nH]c2ccc(C(N)=O)cc12. The molecule has 0 spiro atoms. The van der Waals surface area contributed by atoms with Crippen molar-refractivity contribution >= 4 is 16.8 Å². The van der Waals surface area contributed by atoms with E-state index in [2.05, 4.69) is 4.98 Å². The molecule has 5 N–H and O–H groups in total. The first-order valence-electron chi connectivity index (χ1n) is 6.35. The molecule has 4 nitrogen and oxygen atoms in total. The molecule has 0 saturated heterocycles. The molecule has 0 aliphatic carbocycles. The number of aromatic amines is 1. The van der Waals surface area contributed by atoms with Gasteiger partial charge < -0.3 is 16.5 Å². The van der Waals surface area contributed by atoms with Gasteiger partial charge in [-0.15, -0.1) is 0 Å². The molecular weight excluding hydrogens is 190 g/mol. The lowest BCUT2D eigenvalue weighted by molar-refractivity contribution is 0.100. The van der Waals surface area contributed by atoms with Crippen molar-refractivity contribution in [3.63, 3.8) is 0 Å². The largest absolute Gasteiger partial charge is 0.366 e. The Labute approximate surface area is 92.9 Å². The summed E-state index contributed by atoms with van der Waals surface area (Å²) < 4.78 is 30.4. The quantitative estimate of drug-likeness (QED) is 0.700. The maximum atomic E-state index is 11.1. The lowest BCUT2D eigenvalue weighted by Gasteiger charge is -1.98.